The molecule has 166 valence electrons. The maximum Gasteiger partial charge on any atom is 0.275 e. The first kappa shape index (κ1) is 21.1. The van der Waals surface area contributed by atoms with Gasteiger partial charge in [0, 0.05) is 34.1 Å². The number of rotatable bonds is 6. The lowest BCUT2D eigenvalue weighted by Gasteiger charge is -2.14. The number of para-hydroxylation sites is 1. The lowest BCUT2D eigenvalue weighted by molar-refractivity contribution is 0.415. The minimum atomic E-state index is -0.249. The second kappa shape index (κ2) is 8.64. The van der Waals surface area contributed by atoms with Crippen molar-refractivity contribution in [1.82, 2.24) is 14.6 Å². The van der Waals surface area contributed by atoms with Gasteiger partial charge in [-0.25, -0.2) is 4.98 Å². The number of fused-ring (bicyclic) bond motifs is 2. The molecule has 0 radical (unpaired) electrons. The summed E-state index contributed by atoms with van der Waals surface area (Å²) in [6, 6.07) is 21.1. The Bertz CT molecular complexity index is 1520. The Balaban J connectivity index is 1.88. The third-order valence-electron chi connectivity index (χ3n) is 5.65. The number of nitrogens with zero attached hydrogens (tertiary/aromatic N) is 2. The van der Waals surface area contributed by atoms with Crippen molar-refractivity contribution in [3.05, 3.63) is 82.1 Å². The van der Waals surface area contributed by atoms with E-state index in [9.17, 15) is 4.79 Å². The fraction of sp³-hybridized carbons (Fsp3) is 0.154. The van der Waals surface area contributed by atoms with Crippen LogP contribution >= 0.6 is 11.6 Å². The van der Waals surface area contributed by atoms with Crippen LogP contribution < -0.4 is 15.7 Å². The van der Waals surface area contributed by atoms with Crippen LogP contribution in [0.25, 0.3) is 44.5 Å². The molecular formula is C26H23ClN4O2. The normalized spacial score (nSPS) is 11.2. The van der Waals surface area contributed by atoms with E-state index in [0.717, 1.165) is 40.7 Å². The molecule has 6 nitrogen and oxygen atoms in total. The van der Waals surface area contributed by atoms with E-state index < -0.39 is 0 Å². The molecule has 0 aliphatic heterocycles. The molecule has 0 aliphatic rings. The van der Waals surface area contributed by atoms with Gasteiger partial charge in [0.2, 0.25) is 0 Å². The highest BCUT2D eigenvalue weighted by Gasteiger charge is 2.23. The highest BCUT2D eigenvalue weighted by molar-refractivity contribution is 6.30. The molecule has 7 heteroatoms. The zero-order valence-electron chi connectivity index (χ0n) is 18.4. The number of methoxy groups -OCH3 is 1. The SMILES string of the molecule is CCCNn1c(-c2ccc(Cl)cc2)c(-c2nc3cc(OC)ccc3[nH]c2=O)c2ccccc21. The van der Waals surface area contributed by atoms with Crippen molar-refractivity contribution in [3.8, 4) is 28.3 Å². The van der Waals surface area contributed by atoms with Crippen LogP contribution in [0.5, 0.6) is 5.75 Å². The minimum Gasteiger partial charge on any atom is -0.497 e. The molecule has 0 amide bonds. The first-order valence-electron chi connectivity index (χ1n) is 10.8. The van der Waals surface area contributed by atoms with Crippen LogP contribution in [0.4, 0.5) is 0 Å². The lowest BCUT2D eigenvalue weighted by atomic mass is 10.0. The summed E-state index contributed by atoms with van der Waals surface area (Å²) in [6.07, 6.45) is 0.955. The van der Waals surface area contributed by atoms with Gasteiger partial charge in [0.15, 0.2) is 0 Å². The molecule has 0 saturated carbocycles. The van der Waals surface area contributed by atoms with Crippen molar-refractivity contribution in [2.24, 2.45) is 0 Å². The molecule has 2 aromatic heterocycles. The zero-order valence-corrected chi connectivity index (χ0v) is 19.1. The molecule has 0 atom stereocenters. The number of benzene rings is 3. The third kappa shape index (κ3) is 3.72. The van der Waals surface area contributed by atoms with Crippen molar-refractivity contribution in [2.75, 3.05) is 19.1 Å². The van der Waals surface area contributed by atoms with E-state index >= 15 is 0 Å². The molecule has 5 aromatic rings. The second-order valence-corrected chi connectivity index (χ2v) is 8.23. The molecule has 3 aromatic carbocycles. The predicted octanol–water partition coefficient (Wildman–Crippen LogP) is 5.83. The summed E-state index contributed by atoms with van der Waals surface area (Å²) in [6.45, 7) is 2.89. The van der Waals surface area contributed by atoms with Gasteiger partial charge in [0.1, 0.15) is 11.4 Å². The van der Waals surface area contributed by atoms with Crippen LogP contribution in [0.1, 0.15) is 13.3 Å². The fourth-order valence-electron chi connectivity index (χ4n) is 4.11. The van der Waals surface area contributed by atoms with Gasteiger partial charge in [-0.1, -0.05) is 48.9 Å². The van der Waals surface area contributed by atoms with E-state index in [4.69, 9.17) is 21.3 Å². The largest absolute Gasteiger partial charge is 0.497 e. The summed E-state index contributed by atoms with van der Waals surface area (Å²) in [7, 11) is 1.61. The quantitative estimate of drug-likeness (QED) is 0.336. The van der Waals surface area contributed by atoms with Gasteiger partial charge in [-0.15, -0.1) is 0 Å². The Labute approximate surface area is 195 Å². The van der Waals surface area contributed by atoms with Gasteiger partial charge >= 0.3 is 0 Å². The Morgan fingerprint density at radius 2 is 1.88 bits per heavy atom. The summed E-state index contributed by atoms with van der Waals surface area (Å²) in [5, 5.41) is 1.59. The number of H-pyrrole nitrogens is 1. The molecule has 0 spiro atoms. The van der Waals surface area contributed by atoms with Crippen LogP contribution in [0, 0.1) is 0 Å². The predicted molar refractivity (Wildman–Crippen MR) is 135 cm³/mol. The maximum atomic E-state index is 13.3. The van der Waals surface area contributed by atoms with E-state index in [-0.39, 0.29) is 5.56 Å². The summed E-state index contributed by atoms with van der Waals surface area (Å²) in [5.41, 5.74) is 8.46. The number of halogens is 1. The molecular weight excluding hydrogens is 436 g/mol. The zero-order chi connectivity index (χ0) is 22.9. The first-order valence-corrected chi connectivity index (χ1v) is 11.2. The first-order chi connectivity index (χ1) is 16.1. The van der Waals surface area contributed by atoms with Crippen molar-refractivity contribution >= 4 is 33.5 Å². The molecule has 0 unspecified atom stereocenters. The standard InChI is InChI=1S/C26H23ClN4O2/c1-3-14-28-31-22-7-5-4-6-19(22)23(25(31)16-8-10-17(27)11-9-16)24-26(32)30-20-13-12-18(33-2)15-21(20)29-24/h4-13,15,28H,3,14H2,1-2H3,(H,30,32). The monoisotopic (exact) mass is 458 g/mol. The summed E-state index contributed by atoms with van der Waals surface area (Å²) in [4.78, 5) is 21.1. The molecule has 0 fully saturated rings. The van der Waals surface area contributed by atoms with Crippen molar-refractivity contribution in [3.63, 3.8) is 0 Å². The van der Waals surface area contributed by atoms with E-state index in [2.05, 4.69) is 17.3 Å². The summed E-state index contributed by atoms with van der Waals surface area (Å²) in [5.74, 6) is 0.679. The Morgan fingerprint density at radius 3 is 2.64 bits per heavy atom. The van der Waals surface area contributed by atoms with Crippen LogP contribution in [-0.2, 0) is 0 Å². The smallest absolute Gasteiger partial charge is 0.275 e. The average molecular weight is 459 g/mol. The number of hydrogen-bond donors (Lipinski definition) is 2. The van der Waals surface area contributed by atoms with Gasteiger partial charge in [0.05, 0.1) is 29.4 Å². The number of nitrogens with one attached hydrogen (secondary N) is 2. The Kier molecular flexibility index (Phi) is 5.52. The van der Waals surface area contributed by atoms with Crippen molar-refractivity contribution in [1.29, 1.82) is 0 Å². The lowest BCUT2D eigenvalue weighted by Crippen LogP contribution is -2.17. The van der Waals surface area contributed by atoms with Gasteiger partial charge in [0.25, 0.3) is 5.56 Å². The molecule has 2 N–H and O–H groups in total. The number of ether oxygens (including phenoxy) is 1. The van der Waals surface area contributed by atoms with Crippen LogP contribution in [0.3, 0.4) is 0 Å². The van der Waals surface area contributed by atoms with Gasteiger partial charge in [-0.2, -0.15) is 0 Å². The van der Waals surface area contributed by atoms with E-state index in [1.807, 2.05) is 59.3 Å². The average Bonchev–Trinajstić information content (AvgIpc) is 3.16. The Morgan fingerprint density at radius 1 is 1.09 bits per heavy atom. The van der Waals surface area contributed by atoms with E-state index in [1.165, 1.54) is 0 Å². The molecule has 0 aliphatic carbocycles. The van der Waals surface area contributed by atoms with E-state index in [1.54, 1.807) is 19.2 Å². The van der Waals surface area contributed by atoms with Gasteiger partial charge in [-0.05, 0) is 36.8 Å². The molecule has 5 rings (SSSR count). The number of aromatic nitrogens is 3. The summed E-state index contributed by atoms with van der Waals surface area (Å²) >= 11 is 6.18. The Hall–Kier alpha value is -3.77. The van der Waals surface area contributed by atoms with Crippen LogP contribution in [0.15, 0.2) is 71.5 Å². The molecule has 0 saturated heterocycles. The fourth-order valence-corrected chi connectivity index (χ4v) is 4.23. The number of aromatic amines is 1. The molecule has 2 heterocycles. The van der Waals surface area contributed by atoms with Crippen LogP contribution in [-0.4, -0.2) is 28.3 Å². The highest BCUT2D eigenvalue weighted by Crippen LogP contribution is 2.39. The van der Waals surface area contributed by atoms with E-state index in [0.29, 0.717) is 27.5 Å². The number of hydrogen-bond acceptors (Lipinski definition) is 4. The molecule has 0 bridgehead atoms. The topological polar surface area (TPSA) is 71.9 Å². The third-order valence-corrected chi connectivity index (χ3v) is 5.90. The second-order valence-electron chi connectivity index (χ2n) is 7.79. The summed E-state index contributed by atoms with van der Waals surface area (Å²) < 4.78 is 7.41. The van der Waals surface area contributed by atoms with Crippen molar-refractivity contribution < 1.29 is 4.74 Å². The maximum absolute atomic E-state index is 13.3. The van der Waals surface area contributed by atoms with Gasteiger partial charge in [-0.3, -0.25) is 9.47 Å². The minimum absolute atomic E-state index is 0.249. The van der Waals surface area contributed by atoms with Crippen molar-refractivity contribution in [2.45, 2.75) is 13.3 Å². The highest BCUT2D eigenvalue weighted by atomic mass is 35.5. The van der Waals surface area contributed by atoms with Gasteiger partial charge < -0.3 is 15.1 Å². The molecule has 33 heavy (non-hydrogen) atoms. The van der Waals surface area contributed by atoms with Crippen LogP contribution in [0.2, 0.25) is 5.02 Å².